The summed E-state index contributed by atoms with van der Waals surface area (Å²) < 4.78 is 11.2. The average Bonchev–Trinajstić information content (AvgIpc) is 2.77. The number of hydrogen-bond acceptors (Lipinski definition) is 5. The molecule has 1 aliphatic heterocycles. The number of esters is 1. The van der Waals surface area contributed by atoms with Crippen molar-refractivity contribution in [3.05, 3.63) is 86.7 Å². The molecule has 4 rings (SSSR count). The molecule has 0 unspecified atom stereocenters. The molecule has 1 N–H and O–H groups in total. The Bertz CT molecular complexity index is 1180. The summed E-state index contributed by atoms with van der Waals surface area (Å²) in [6, 6.07) is 14.6. The van der Waals surface area contributed by atoms with E-state index in [-0.39, 0.29) is 24.4 Å². The molecule has 0 saturated carbocycles. The van der Waals surface area contributed by atoms with Crippen LogP contribution in [0.15, 0.2) is 71.1 Å². The van der Waals surface area contributed by atoms with Crippen molar-refractivity contribution in [1.29, 1.82) is 0 Å². The summed E-state index contributed by atoms with van der Waals surface area (Å²) in [7, 11) is 0. The molecule has 0 fully saturated rings. The highest BCUT2D eigenvalue weighted by atomic mass is 35.5. The Labute approximate surface area is 209 Å². The zero-order valence-corrected chi connectivity index (χ0v) is 20.9. The predicted octanol–water partition coefficient (Wildman–Crippen LogP) is 6.22. The van der Waals surface area contributed by atoms with E-state index >= 15 is 0 Å². The number of rotatable bonds is 6. The molecule has 34 heavy (non-hydrogen) atoms. The number of para-hydroxylation sites is 1. The largest absolute Gasteiger partial charge is 0.490 e. The van der Waals surface area contributed by atoms with E-state index in [1.54, 1.807) is 18.2 Å². The van der Waals surface area contributed by atoms with E-state index in [0.717, 1.165) is 5.70 Å². The number of benzene rings is 2. The summed E-state index contributed by atoms with van der Waals surface area (Å²) >= 11 is 12.9. The Kier molecular flexibility index (Phi) is 7.06. The quantitative estimate of drug-likeness (QED) is 0.377. The maximum absolute atomic E-state index is 13.3. The fraction of sp³-hybridized carbons (Fsp3) is 0.333. The van der Waals surface area contributed by atoms with Gasteiger partial charge in [-0.3, -0.25) is 4.79 Å². The zero-order valence-electron chi connectivity index (χ0n) is 19.4. The topological polar surface area (TPSA) is 64.6 Å². The summed E-state index contributed by atoms with van der Waals surface area (Å²) in [5.41, 5.74) is 2.81. The van der Waals surface area contributed by atoms with Gasteiger partial charge in [-0.2, -0.15) is 0 Å². The van der Waals surface area contributed by atoms with Crippen molar-refractivity contribution in [2.24, 2.45) is 5.41 Å². The molecule has 178 valence electrons. The first-order valence-corrected chi connectivity index (χ1v) is 12.0. The molecule has 1 atom stereocenters. The average molecular weight is 500 g/mol. The molecular formula is C27H27Cl2NO4. The first-order chi connectivity index (χ1) is 16.2. The van der Waals surface area contributed by atoms with E-state index in [1.807, 2.05) is 37.3 Å². The van der Waals surface area contributed by atoms with Gasteiger partial charge in [0.2, 0.25) is 0 Å². The van der Waals surface area contributed by atoms with E-state index < -0.39 is 11.9 Å². The minimum absolute atomic E-state index is 0.00926. The molecule has 5 nitrogen and oxygen atoms in total. The van der Waals surface area contributed by atoms with Gasteiger partial charge in [-0.15, -0.1) is 0 Å². The van der Waals surface area contributed by atoms with Gasteiger partial charge in [-0.05, 0) is 42.5 Å². The summed E-state index contributed by atoms with van der Waals surface area (Å²) in [5.74, 6) is -0.493. The smallest absolute Gasteiger partial charge is 0.336 e. The lowest BCUT2D eigenvalue weighted by Gasteiger charge is -2.39. The predicted molar refractivity (Wildman–Crippen MR) is 133 cm³/mol. The summed E-state index contributed by atoms with van der Waals surface area (Å²) in [6.07, 6.45) is 1.07. The van der Waals surface area contributed by atoms with Gasteiger partial charge >= 0.3 is 5.97 Å². The molecule has 0 bridgehead atoms. The summed E-state index contributed by atoms with van der Waals surface area (Å²) in [6.45, 7) is 6.21. The molecular weight excluding hydrogens is 473 g/mol. The molecule has 0 radical (unpaired) electrons. The second-order valence-electron chi connectivity index (χ2n) is 9.37. The van der Waals surface area contributed by atoms with Gasteiger partial charge < -0.3 is 14.8 Å². The van der Waals surface area contributed by atoms with Crippen LogP contribution in [0.3, 0.4) is 0 Å². The number of hydrogen-bond donors (Lipinski definition) is 1. The van der Waals surface area contributed by atoms with E-state index in [1.165, 1.54) is 0 Å². The second-order valence-corrected chi connectivity index (χ2v) is 10.2. The third-order valence-corrected chi connectivity index (χ3v) is 6.91. The van der Waals surface area contributed by atoms with Crippen molar-refractivity contribution in [1.82, 2.24) is 5.32 Å². The van der Waals surface area contributed by atoms with Gasteiger partial charge in [0, 0.05) is 29.3 Å². The number of allylic oxidation sites excluding steroid dienone is 3. The van der Waals surface area contributed by atoms with Crippen LogP contribution in [0.5, 0.6) is 5.75 Å². The molecule has 1 heterocycles. The Morgan fingerprint density at radius 3 is 2.53 bits per heavy atom. The molecule has 0 amide bonds. The Hall–Kier alpha value is -2.76. The van der Waals surface area contributed by atoms with Crippen molar-refractivity contribution in [3.63, 3.8) is 0 Å². The minimum atomic E-state index is -0.659. The minimum Gasteiger partial charge on any atom is -0.490 e. The lowest BCUT2D eigenvalue weighted by molar-refractivity contribution is -0.140. The Balaban J connectivity index is 1.64. The third kappa shape index (κ3) is 5.01. The number of ketones is 1. The van der Waals surface area contributed by atoms with Gasteiger partial charge in [-0.25, -0.2) is 4.79 Å². The van der Waals surface area contributed by atoms with Crippen molar-refractivity contribution in [3.8, 4) is 5.75 Å². The molecule has 2 aromatic rings. The lowest BCUT2D eigenvalue weighted by atomic mass is 9.68. The number of nitrogens with one attached hydrogen (secondary N) is 1. The molecule has 1 aliphatic carbocycles. The molecule has 2 aromatic carbocycles. The van der Waals surface area contributed by atoms with Crippen molar-refractivity contribution in [2.75, 3.05) is 13.2 Å². The fourth-order valence-electron chi connectivity index (χ4n) is 4.65. The number of carbonyl (C=O) groups is 2. The standard InChI is InChI=1S/C27H27Cl2NO4/c1-16-22(26(32)34-13-12-33-17-8-5-4-6-9-17)23(18-10-7-11-19(28)25(18)29)24-20(30-16)14-27(2,3)15-21(24)31/h4-11,23,30H,12-15H2,1-3H3/t23-/m1/s1. The van der Waals surface area contributed by atoms with Crippen LogP contribution in [-0.2, 0) is 14.3 Å². The fourth-order valence-corrected chi connectivity index (χ4v) is 5.07. The lowest BCUT2D eigenvalue weighted by Crippen LogP contribution is -2.39. The summed E-state index contributed by atoms with van der Waals surface area (Å²) in [5, 5.41) is 4.01. The number of carbonyl (C=O) groups excluding carboxylic acids is 2. The van der Waals surface area contributed by atoms with Gasteiger partial charge in [0.05, 0.1) is 15.6 Å². The van der Waals surface area contributed by atoms with Crippen LogP contribution >= 0.6 is 23.2 Å². The maximum Gasteiger partial charge on any atom is 0.336 e. The highest BCUT2D eigenvalue weighted by molar-refractivity contribution is 6.42. The van der Waals surface area contributed by atoms with Crippen LogP contribution < -0.4 is 10.1 Å². The zero-order chi connectivity index (χ0) is 24.5. The SMILES string of the molecule is CC1=C(C(=O)OCCOc2ccccc2)[C@@H](c2cccc(Cl)c2Cl)C2=C(CC(C)(C)CC2=O)N1. The Morgan fingerprint density at radius 2 is 1.79 bits per heavy atom. The second kappa shape index (κ2) is 9.85. The van der Waals surface area contributed by atoms with Gasteiger partial charge in [0.15, 0.2) is 5.78 Å². The number of halogens is 2. The van der Waals surface area contributed by atoms with Crippen LogP contribution in [-0.4, -0.2) is 25.0 Å². The normalized spacial score (nSPS) is 19.4. The molecule has 7 heteroatoms. The van der Waals surface area contributed by atoms with E-state index in [9.17, 15) is 9.59 Å². The summed E-state index contributed by atoms with van der Waals surface area (Å²) in [4.78, 5) is 26.7. The highest BCUT2D eigenvalue weighted by Gasteiger charge is 2.43. The molecule has 0 saturated heterocycles. The van der Waals surface area contributed by atoms with E-state index in [4.69, 9.17) is 32.7 Å². The first kappa shape index (κ1) is 24.4. The molecule has 0 aromatic heterocycles. The van der Waals surface area contributed by atoms with Crippen LogP contribution in [0.2, 0.25) is 10.0 Å². The van der Waals surface area contributed by atoms with E-state index in [0.29, 0.717) is 51.0 Å². The Morgan fingerprint density at radius 1 is 1.06 bits per heavy atom. The monoisotopic (exact) mass is 499 g/mol. The third-order valence-electron chi connectivity index (χ3n) is 6.08. The van der Waals surface area contributed by atoms with Gasteiger partial charge in [-0.1, -0.05) is 67.4 Å². The van der Waals surface area contributed by atoms with Crippen LogP contribution in [0.25, 0.3) is 0 Å². The molecule has 0 spiro atoms. The highest BCUT2D eigenvalue weighted by Crippen LogP contribution is 2.48. The molecule has 2 aliphatic rings. The van der Waals surface area contributed by atoms with Gasteiger partial charge in [0.25, 0.3) is 0 Å². The number of ether oxygens (including phenoxy) is 2. The van der Waals surface area contributed by atoms with Crippen LogP contribution in [0.1, 0.15) is 45.1 Å². The van der Waals surface area contributed by atoms with Crippen molar-refractivity contribution < 1.29 is 19.1 Å². The first-order valence-electron chi connectivity index (χ1n) is 11.2. The van der Waals surface area contributed by atoms with Crippen molar-refractivity contribution >= 4 is 35.0 Å². The van der Waals surface area contributed by atoms with E-state index in [2.05, 4.69) is 19.2 Å². The maximum atomic E-state index is 13.3. The van der Waals surface area contributed by atoms with Crippen LogP contribution in [0.4, 0.5) is 0 Å². The number of Topliss-reactive ketones (excluding diaryl/α,β-unsaturated/α-hetero) is 1. The van der Waals surface area contributed by atoms with Crippen molar-refractivity contribution in [2.45, 2.75) is 39.5 Å². The van der Waals surface area contributed by atoms with Gasteiger partial charge in [0.1, 0.15) is 19.0 Å². The van der Waals surface area contributed by atoms with Crippen LogP contribution in [0, 0.1) is 5.41 Å². The number of dihydropyridines is 1.